The van der Waals surface area contributed by atoms with E-state index in [2.05, 4.69) is 78.1 Å². The third-order valence-corrected chi connectivity index (χ3v) is 5.85. The molecule has 2 aliphatic rings. The van der Waals surface area contributed by atoms with Crippen LogP contribution in [0.25, 0.3) is 23.2 Å². The molecule has 0 radical (unpaired) electrons. The lowest BCUT2D eigenvalue weighted by Gasteiger charge is -2.24. The Morgan fingerprint density at radius 3 is 2.64 bits per heavy atom. The van der Waals surface area contributed by atoms with Gasteiger partial charge in [0.05, 0.1) is 5.52 Å². The van der Waals surface area contributed by atoms with E-state index in [1.807, 2.05) is 0 Å². The highest BCUT2D eigenvalue weighted by Gasteiger charge is 2.35. The van der Waals surface area contributed by atoms with Crippen LogP contribution in [0.15, 0.2) is 42.5 Å². The van der Waals surface area contributed by atoms with Gasteiger partial charge < -0.3 is 4.57 Å². The molecule has 3 heterocycles. The third-order valence-electron chi connectivity index (χ3n) is 5.85. The molecular weight excluding hydrogens is 304 g/mol. The summed E-state index contributed by atoms with van der Waals surface area (Å²) in [7, 11) is 0. The molecule has 0 saturated carbocycles. The summed E-state index contributed by atoms with van der Waals surface area (Å²) in [6.07, 6.45) is 5.82. The maximum Gasteiger partial charge on any atom is 0.0529 e. The molecule has 5 rings (SSSR count). The highest BCUT2D eigenvalue weighted by molar-refractivity contribution is 5.90. The first-order chi connectivity index (χ1) is 12.2. The number of fused-ring (bicyclic) bond motifs is 6. The van der Waals surface area contributed by atoms with Crippen molar-refractivity contribution >= 4 is 23.2 Å². The van der Waals surface area contributed by atoms with Crippen LogP contribution in [0.2, 0.25) is 0 Å². The lowest BCUT2D eigenvalue weighted by atomic mass is 9.93. The van der Waals surface area contributed by atoms with E-state index in [9.17, 15) is 0 Å². The molecule has 2 nitrogen and oxygen atoms in total. The fourth-order valence-electron chi connectivity index (χ4n) is 4.56. The average molecular weight is 328 g/mol. The van der Waals surface area contributed by atoms with Gasteiger partial charge in [0, 0.05) is 36.3 Å². The zero-order chi connectivity index (χ0) is 17.0. The van der Waals surface area contributed by atoms with Crippen LogP contribution < -0.4 is 0 Å². The van der Waals surface area contributed by atoms with Gasteiger partial charge in [-0.1, -0.05) is 41.5 Å². The molecule has 1 saturated heterocycles. The van der Waals surface area contributed by atoms with E-state index >= 15 is 0 Å². The Labute approximate surface area is 149 Å². The quantitative estimate of drug-likeness (QED) is 0.628. The summed E-state index contributed by atoms with van der Waals surface area (Å²) in [5.74, 6) is 0.710. The molecule has 25 heavy (non-hydrogen) atoms. The van der Waals surface area contributed by atoms with Crippen LogP contribution in [0.4, 0.5) is 0 Å². The SMILES string of the molecule is Cc1ccc(C=Cn2c3c(c4cc(C)ccc42)C2CCN(C3)C2)cc1. The average Bonchev–Trinajstić information content (AvgIpc) is 3.13. The number of hydrogen-bond acceptors (Lipinski definition) is 1. The van der Waals surface area contributed by atoms with E-state index in [4.69, 9.17) is 0 Å². The third kappa shape index (κ3) is 2.44. The summed E-state index contributed by atoms with van der Waals surface area (Å²) >= 11 is 0. The Bertz CT molecular complexity index is 975. The predicted molar refractivity (Wildman–Crippen MR) is 106 cm³/mol. The normalized spacial score (nSPS) is 22.0. The largest absolute Gasteiger partial charge is 0.319 e. The standard InChI is InChI=1S/C23H24N2/c1-16-3-6-18(7-4-16)9-12-25-21-8-5-17(2)13-20(21)23-19-10-11-24(14-19)15-22(23)25/h3-9,12-13,19H,10-11,14-15H2,1-2H3. The van der Waals surface area contributed by atoms with E-state index < -0.39 is 0 Å². The molecule has 2 aromatic carbocycles. The molecule has 126 valence electrons. The molecule has 2 aliphatic heterocycles. The van der Waals surface area contributed by atoms with E-state index in [1.54, 1.807) is 5.56 Å². The summed E-state index contributed by atoms with van der Waals surface area (Å²) in [6.45, 7) is 7.90. The van der Waals surface area contributed by atoms with Crippen molar-refractivity contribution in [3.8, 4) is 0 Å². The van der Waals surface area contributed by atoms with Crippen LogP contribution in [-0.2, 0) is 6.54 Å². The minimum absolute atomic E-state index is 0.710. The first kappa shape index (κ1) is 15.0. The van der Waals surface area contributed by atoms with Crippen molar-refractivity contribution in [2.24, 2.45) is 0 Å². The predicted octanol–water partition coefficient (Wildman–Crippen LogP) is 5.19. The zero-order valence-electron chi connectivity index (χ0n) is 15.0. The van der Waals surface area contributed by atoms with E-state index in [0.29, 0.717) is 5.92 Å². The maximum absolute atomic E-state index is 2.61. The molecule has 2 atom stereocenters. The molecule has 1 aromatic heterocycles. The fourth-order valence-corrected chi connectivity index (χ4v) is 4.56. The van der Waals surface area contributed by atoms with Gasteiger partial charge in [0.2, 0.25) is 0 Å². The molecule has 3 aromatic rings. The van der Waals surface area contributed by atoms with Gasteiger partial charge in [-0.25, -0.2) is 0 Å². The first-order valence-electron chi connectivity index (χ1n) is 9.29. The van der Waals surface area contributed by atoms with Gasteiger partial charge in [0.25, 0.3) is 0 Å². The monoisotopic (exact) mass is 328 g/mol. The van der Waals surface area contributed by atoms with Crippen molar-refractivity contribution in [3.05, 3.63) is 70.4 Å². The summed E-state index contributed by atoms with van der Waals surface area (Å²) in [4.78, 5) is 2.61. The molecule has 0 spiro atoms. The van der Waals surface area contributed by atoms with Gasteiger partial charge in [-0.3, -0.25) is 4.90 Å². The second-order valence-corrected chi connectivity index (χ2v) is 7.70. The van der Waals surface area contributed by atoms with Crippen molar-refractivity contribution in [2.75, 3.05) is 13.1 Å². The molecule has 0 amide bonds. The Morgan fingerprint density at radius 1 is 1.00 bits per heavy atom. The summed E-state index contributed by atoms with van der Waals surface area (Å²) in [5.41, 5.74) is 8.38. The first-order valence-corrected chi connectivity index (χ1v) is 9.29. The van der Waals surface area contributed by atoms with Gasteiger partial charge in [-0.05, 0) is 56.1 Å². The van der Waals surface area contributed by atoms with Crippen LogP contribution in [0.1, 0.15) is 40.3 Å². The van der Waals surface area contributed by atoms with Gasteiger partial charge in [-0.15, -0.1) is 0 Å². The minimum Gasteiger partial charge on any atom is -0.319 e. The van der Waals surface area contributed by atoms with Crippen LogP contribution >= 0.6 is 0 Å². The molecule has 2 bridgehead atoms. The van der Waals surface area contributed by atoms with Gasteiger partial charge >= 0.3 is 0 Å². The fraction of sp³-hybridized carbons (Fsp3) is 0.304. The van der Waals surface area contributed by atoms with Crippen molar-refractivity contribution in [3.63, 3.8) is 0 Å². The van der Waals surface area contributed by atoms with Crippen LogP contribution in [0.5, 0.6) is 0 Å². The molecule has 2 unspecified atom stereocenters. The highest BCUT2D eigenvalue weighted by atomic mass is 15.2. The summed E-state index contributed by atoms with van der Waals surface area (Å²) < 4.78 is 2.44. The number of benzene rings is 2. The second-order valence-electron chi connectivity index (χ2n) is 7.70. The molecule has 0 aliphatic carbocycles. The van der Waals surface area contributed by atoms with Crippen molar-refractivity contribution < 1.29 is 0 Å². The Balaban J connectivity index is 1.67. The van der Waals surface area contributed by atoms with Gasteiger partial charge in [0.1, 0.15) is 0 Å². The molecule has 1 fully saturated rings. The number of hydrogen-bond donors (Lipinski definition) is 0. The van der Waals surface area contributed by atoms with E-state index in [0.717, 1.165) is 6.54 Å². The zero-order valence-corrected chi connectivity index (χ0v) is 15.0. The van der Waals surface area contributed by atoms with Crippen LogP contribution in [0, 0.1) is 13.8 Å². The lowest BCUT2D eigenvalue weighted by Crippen LogP contribution is -2.25. The van der Waals surface area contributed by atoms with Crippen molar-refractivity contribution in [2.45, 2.75) is 32.7 Å². The van der Waals surface area contributed by atoms with E-state index in [1.165, 1.54) is 52.8 Å². The molecule has 0 N–H and O–H groups in total. The summed E-state index contributed by atoms with van der Waals surface area (Å²) in [6, 6.07) is 15.7. The number of aryl methyl sites for hydroxylation is 2. The number of nitrogens with zero attached hydrogens (tertiary/aromatic N) is 2. The van der Waals surface area contributed by atoms with Gasteiger partial charge in [0.15, 0.2) is 0 Å². The highest BCUT2D eigenvalue weighted by Crippen LogP contribution is 2.42. The van der Waals surface area contributed by atoms with Crippen LogP contribution in [-0.4, -0.2) is 22.6 Å². The number of aromatic nitrogens is 1. The van der Waals surface area contributed by atoms with E-state index in [-0.39, 0.29) is 0 Å². The summed E-state index contributed by atoms with van der Waals surface area (Å²) in [5, 5.41) is 1.47. The Hall–Kier alpha value is -2.32. The Morgan fingerprint density at radius 2 is 1.80 bits per heavy atom. The molecular formula is C23H24N2. The minimum atomic E-state index is 0.710. The lowest BCUT2D eigenvalue weighted by molar-refractivity contribution is 0.308. The van der Waals surface area contributed by atoms with Gasteiger partial charge in [-0.2, -0.15) is 0 Å². The molecule has 2 heteroatoms. The van der Waals surface area contributed by atoms with Crippen molar-refractivity contribution in [1.29, 1.82) is 0 Å². The Kier molecular flexibility index (Phi) is 3.36. The maximum atomic E-state index is 2.61. The van der Waals surface area contributed by atoms with Crippen LogP contribution in [0.3, 0.4) is 0 Å². The topological polar surface area (TPSA) is 8.17 Å². The smallest absolute Gasteiger partial charge is 0.0529 e. The number of rotatable bonds is 2. The van der Waals surface area contributed by atoms with Crippen molar-refractivity contribution in [1.82, 2.24) is 9.47 Å². The second kappa shape index (κ2) is 5.60.